The van der Waals surface area contributed by atoms with Crippen molar-refractivity contribution in [2.75, 3.05) is 13.1 Å². The molecule has 4 nitrogen and oxygen atoms in total. The molecule has 1 fully saturated rings. The standard InChI is InChI=1S/C9H13N3O/c13-9-2-1-8(11-12-9)7-3-5-10-6-4-7/h1-2,7,10H,3-6H2,(H,12,13). The van der Waals surface area contributed by atoms with Crippen molar-refractivity contribution >= 4 is 0 Å². The van der Waals surface area contributed by atoms with E-state index >= 15 is 0 Å². The van der Waals surface area contributed by atoms with E-state index in [1.807, 2.05) is 6.07 Å². The fraction of sp³-hybridized carbons (Fsp3) is 0.556. The molecule has 70 valence electrons. The summed E-state index contributed by atoms with van der Waals surface area (Å²) in [5, 5.41) is 9.80. The Morgan fingerprint density at radius 2 is 2.08 bits per heavy atom. The van der Waals surface area contributed by atoms with Crippen molar-refractivity contribution in [2.24, 2.45) is 0 Å². The van der Waals surface area contributed by atoms with E-state index in [4.69, 9.17) is 0 Å². The minimum Gasteiger partial charge on any atom is -0.317 e. The predicted octanol–water partition coefficient (Wildman–Crippen LogP) is 0.237. The molecular formula is C9H13N3O. The van der Waals surface area contributed by atoms with Crippen molar-refractivity contribution in [3.05, 3.63) is 28.2 Å². The zero-order chi connectivity index (χ0) is 9.10. The van der Waals surface area contributed by atoms with Crippen LogP contribution >= 0.6 is 0 Å². The third kappa shape index (κ3) is 1.95. The van der Waals surface area contributed by atoms with Crippen LogP contribution in [-0.2, 0) is 0 Å². The van der Waals surface area contributed by atoms with Gasteiger partial charge in [-0.25, -0.2) is 5.10 Å². The van der Waals surface area contributed by atoms with Gasteiger partial charge in [0.25, 0.3) is 5.56 Å². The van der Waals surface area contributed by atoms with Gasteiger partial charge in [0, 0.05) is 12.0 Å². The van der Waals surface area contributed by atoms with Crippen LogP contribution in [0.1, 0.15) is 24.5 Å². The van der Waals surface area contributed by atoms with E-state index in [0.29, 0.717) is 5.92 Å². The Labute approximate surface area is 76.4 Å². The van der Waals surface area contributed by atoms with Gasteiger partial charge in [-0.3, -0.25) is 4.79 Å². The SMILES string of the molecule is O=c1ccc(C2CCNCC2)n[nH]1. The maximum atomic E-state index is 10.8. The summed E-state index contributed by atoms with van der Waals surface area (Å²) in [5.41, 5.74) is 0.888. The molecule has 4 heteroatoms. The van der Waals surface area contributed by atoms with Crippen LogP contribution in [0.15, 0.2) is 16.9 Å². The van der Waals surface area contributed by atoms with E-state index < -0.39 is 0 Å². The van der Waals surface area contributed by atoms with Gasteiger partial charge in [-0.05, 0) is 32.0 Å². The first-order valence-electron chi connectivity index (χ1n) is 4.62. The number of aromatic amines is 1. The van der Waals surface area contributed by atoms with E-state index in [2.05, 4.69) is 15.5 Å². The Hall–Kier alpha value is -1.16. The highest BCUT2D eigenvalue weighted by Crippen LogP contribution is 2.21. The van der Waals surface area contributed by atoms with Crippen molar-refractivity contribution in [1.82, 2.24) is 15.5 Å². The van der Waals surface area contributed by atoms with Crippen LogP contribution in [-0.4, -0.2) is 23.3 Å². The lowest BCUT2D eigenvalue weighted by molar-refractivity contribution is 0.450. The number of hydrogen-bond donors (Lipinski definition) is 2. The van der Waals surface area contributed by atoms with E-state index in [1.54, 1.807) is 6.07 Å². The zero-order valence-corrected chi connectivity index (χ0v) is 7.42. The molecule has 0 amide bonds. The molecule has 0 radical (unpaired) electrons. The lowest BCUT2D eigenvalue weighted by atomic mass is 9.94. The van der Waals surface area contributed by atoms with Gasteiger partial charge in [0.1, 0.15) is 0 Å². The van der Waals surface area contributed by atoms with Crippen LogP contribution in [0.4, 0.5) is 0 Å². The summed E-state index contributed by atoms with van der Waals surface area (Å²) in [4.78, 5) is 10.8. The van der Waals surface area contributed by atoms with Crippen molar-refractivity contribution in [1.29, 1.82) is 0 Å². The molecule has 2 N–H and O–H groups in total. The summed E-state index contributed by atoms with van der Waals surface area (Å²) in [6, 6.07) is 3.37. The smallest absolute Gasteiger partial charge is 0.264 e. The average Bonchev–Trinajstić information content (AvgIpc) is 2.20. The third-order valence-electron chi connectivity index (χ3n) is 2.46. The number of H-pyrrole nitrogens is 1. The number of nitrogens with zero attached hydrogens (tertiary/aromatic N) is 1. The number of nitrogens with one attached hydrogen (secondary N) is 2. The Morgan fingerprint density at radius 3 is 2.69 bits per heavy atom. The van der Waals surface area contributed by atoms with Gasteiger partial charge in [-0.1, -0.05) is 0 Å². The lowest BCUT2D eigenvalue weighted by Gasteiger charge is -2.21. The van der Waals surface area contributed by atoms with Crippen LogP contribution in [0.25, 0.3) is 0 Å². The van der Waals surface area contributed by atoms with Crippen LogP contribution in [0.2, 0.25) is 0 Å². The van der Waals surface area contributed by atoms with Gasteiger partial charge < -0.3 is 5.32 Å². The molecule has 0 spiro atoms. The fourth-order valence-electron chi connectivity index (χ4n) is 1.70. The highest BCUT2D eigenvalue weighted by atomic mass is 16.1. The molecule has 0 aliphatic carbocycles. The molecule has 1 saturated heterocycles. The molecule has 1 aliphatic heterocycles. The fourth-order valence-corrected chi connectivity index (χ4v) is 1.70. The molecule has 2 heterocycles. The summed E-state index contributed by atoms with van der Waals surface area (Å²) in [6.07, 6.45) is 2.22. The predicted molar refractivity (Wildman–Crippen MR) is 49.7 cm³/mol. The maximum Gasteiger partial charge on any atom is 0.264 e. The maximum absolute atomic E-state index is 10.8. The van der Waals surface area contributed by atoms with Gasteiger partial charge in [-0.15, -0.1) is 0 Å². The van der Waals surface area contributed by atoms with Crippen LogP contribution in [0, 0.1) is 0 Å². The number of aromatic nitrogens is 2. The molecule has 0 atom stereocenters. The second-order valence-electron chi connectivity index (χ2n) is 3.37. The second-order valence-corrected chi connectivity index (χ2v) is 3.37. The van der Waals surface area contributed by atoms with Gasteiger partial charge >= 0.3 is 0 Å². The quantitative estimate of drug-likeness (QED) is 0.649. The van der Waals surface area contributed by atoms with Gasteiger partial charge in [0.15, 0.2) is 0 Å². The normalized spacial score (nSPS) is 18.8. The average molecular weight is 179 g/mol. The highest BCUT2D eigenvalue weighted by Gasteiger charge is 2.15. The van der Waals surface area contributed by atoms with Gasteiger partial charge in [0.05, 0.1) is 5.69 Å². The summed E-state index contributed by atoms with van der Waals surface area (Å²) >= 11 is 0. The monoisotopic (exact) mass is 179 g/mol. The Balaban J connectivity index is 2.14. The molecule has 0 unspecified atom stereocenters. The van der Waals surface area contributed by atoms with Crippen LogP contribution in [0.3, 0.4) is 0 Å². The zero-order valence-electron chi connectivity index (χ0n) is 7.42. The van der Waals surface area contributed by atoms with Crippen molar-refractivity contribution in [2.45, 2.75) is 18.8 Å². The van der Waals surface area contributed by atoms with E-state index in [1.165, 1.54) is 0 Å². The largest absolute Gasteiger partial charge is 0.317 e. The number of hydrogen-bond acceptors (Lipinski definition) is 3. The molecular weight excluding hydrogens is 166 g/mol. The highest BCUT2D eigenvalue weighted by molar-refractivity contribution is 5.07. The van der Waals surface area contributed by atoms with Crippen molar-refractivity contribution < 1.29 is 0 Å². The second kappa shape index (κ2) is 3.70. The molecule has 0 aromatic carbocycles. The van der Waals surface area contributed by atoms with Crippen molar-refractivity contribution in [3.63, 3.8) is 0 Å². The Morgan fingerprint density at radius 1 is 1.31 bits per heavy atom. The Bertz CT molecular complexity index is 307. The van der Waals surface area contributed by atoms with E-state index in [-0.39, 0.29) is 5.56 Å². The molecule has 1 aliphatic rings. The van der Waals surface area contributed by atoms with Crippen LogP contribution in [0.5, 0.6) is 0 Å². The van der Waals surface area contributed by atoms with Gasteiger partial charge in [0.2, 0.25) is 0 Å². The molecule has 1 aromatic rings. The van der Waals surface area contributed by atoms with E-state index in [0.717, 1.165) is 31.6 Å². The minimum absolute atomic E-state index is 0.127. The van der Waals surface area contributed by atoms with E-state index in [9.17, 15) is 4.79 Å². The molecule has 0 bridgehead atoms. The first-order valence-corrected chi connectivity index (χ1v) is 4.62. The topological polar surface area (TPSA) is 57.8 Å². The summed E-state index contributed by atoms with van der Waals surface area (Å²) in [5.74, 6) is 0.512. The molecule has 13 heavy (non-hydrogen) atoms. The molecule has 1 aromatic heterocycles. The first-order chi connectivity index (χ1) is 6.36. The first kappa shape index (κ1) is 8.44. The lowest BCUT2D eigenvalue weighted by Crippen LogP contribution is -2.27. The van der Waals surface area contributed by atoms with Crippen LogP contribution < -0.4 is 10.9 Å². The number of piperidine rings is 1. The third-order valence-corrected chi connectivity index (χ3v) is 2.46. The van der Waals surface area contributed by atoms with Gasteiger partial charge in [-0.2, -0.15) is 5.10 Å². The Kier molecular flexibility index (Phi) is 2.40. The molecule has 2 rings (SSSR count). The molecule has 0 saturated carbocycles. The summed E-state index contributed by atoms with van der Waals surface area (Å²) in [6.45, 7) is 2.09. The summed E-state index contributed by atoms with van der Waals surface area (Å²) < 4.78 is 0. The van der Waals surface area contributed by atoms with Crippen molar-refractivity contribution in [3.8, 4) is 0 Å². The minimum atomic E-state index is -0.127. The number of rotatable bonds is 1. The summed E-state index contributed by atoms with van der Waals surface area (Å²) in [7, 11) is 0.